The number of hydrogen-bond donors (Lipinski definition) is 1. The van der Waals surface area contributed by atoms with Crippen molar-refractivity contribution in [1.29, 1.82) is 0 Å². The number of aliphatic hydroxyl groups excluding tert-OH is 1. The number of aryl methyl sites for hydroxylation is 2. The molecule has 0 amide bonds. The van der Waals surface area contributed by atoms with Gasteiger partial charge in [0.15, 0.2) is 0 Å². The number of rotatable bonds is 4. The van der Waals surface area contributed by atoms with Crippen molar-refractivity contribution in [2.45, 2.75) is 49.8 Å². The van der Waals surface area contributed by atoms with Gasteiger partial charge in [0.05, 0.1) is 4.90 Å². The zero-order valence-electron chi connectivity index (χ0n) is 20.1. The normalized spacial score (nSPS) is 23.7. The Morgan fingerprint density at radius 3 is 2.34 bits per heavy atom. The standard InChI is InChI=1S/C28H31FN2O3S/c1-19-7-3-4-8-26(19)35(33,34)30-15-5-6-16-31-25(18-30)27(28(31)32)22-11-9-21(10-12-22)24-14-13-23(29)17-20(24)2/h3-4,7-14,17,25,27-28,32H,5-6,15-16,18H2,1-2H3/t25-,27-,28+/m0/s1. The summed E-state index contributed by atoms with van der Waals surface area (Å²) in [5.41, 5.74) is 4.54. The minimum absolute atomic E-state index is 0.0949. The lowest BCUT2D eigenvalue weighted by molar-refractivity contribution is -0.148. The van der Waals surface area contributed by atoms with Crippen molar-refractivity contribution in [1.82, 2.24) is 9.21 Å². The Labute approximate surface area is 206 Å². The highest BCUT2D eigenvalue weighted by atomic mass is 32.2. The summed E-state index contributed by atoms with van der Waals surface area (Å²) < 4.78 is 42.2. The number of hydrogen-bond acceptors (Lipinski definition) is 4. The van der Waals surface area contributed by atoms with Gasteiger partial charge in [0.2, 0.25) is 10.0 Å². The first kappa shape index (κ1) is 24.1. The molecule has 1 N–H and O–H groups in total. The maximum Gasteiger partial charge on any atom is 0.243 e. The Bertz CT molecular complexity index is 1330. The van der Waals surface area contributed by atoms with Crippen molar-refractivity contribution in [2.24, 2.45) is 0 Å². The van der Waals surface area contributed by atoms with E-state index >= 15 is 0 Å². The first-order valence-electron chi connectivity index (χ1n) is 12.1. The Morgan fingerprint density at radius 2 is 1.63 bits per heavy atom. The van der Waals surface area contributed by atoms with Gasteiger partial charge in [-0.3, -0.25) is 4.90 Å². The van der Waals surface area contributed by atoms with Gasteiger partial charge in [0, 0.05) is 31.6 Å². The fourth-order valence-corrected chi connectivity index (χ4v) is 7.26. The van der Waals surface area contributed by atoms with E-state index in [0.717, 1.165) is 47.2 Å². The Kier molecular flexibility index (Phi) is 6.53. The molecule has 35 heavy (non-hydrogen) atoms. The average Bonchev–Trinajstić information content (AvgIpc) is 2.81. The van der Waals surface area contributed by atoms with Gasteiger partial charge in [-0.1, -0.05) is 48.5 Å². The molecule has 2 aliphatic rings. The molecule has 0 aromatic heterocycles. The molecular formula is C28H31FN2O3S. The Balaban J connectivity index is 1.42. The highest BCUT2D eigenvalue weighted by molar-refractivity contribution is 7.89. The zero-order chi connectivity index (χ0) is 24.7. The molecule has 3 aromatic carbocycles. The van der Waals surface area contributed by atoms with Crippen LogP contribution in [-0.4, -0.2) is 54.6 Å². The van der Waals surface area contributed by atoms with Crippen molar-refractivity contribution in [3.63, 3.8) is 0 Å². The molecule has 184 valence electrons. The SMILES string of the molecule is Cc1cc(F)ccc1-c1ccc([C@@H]2[C@@H](O)N3CCCCN(S(=O)(=O)c4ccccc4C)C[C@@H]23)cc1. The van der Waals surface area contributed by atoms with E-state index in [0.29, 0.717) is 18.0 Å². The van der Waals surface area contributed by atoms with E-state index < -0.39 is 16.3 Å². The number of sulfonamides is 1. The summed E-state index contributed by atoms with van der Waals surface area (Å²) in [5, 5.41) is 11.0. The minimum Gasteiger partial charge on any atom is -0.378 e. The molecule has 2 fully saturated rings. The molecule has 2 aliphatic heterocycles. The topological polar surface area (TPSA) is 60.9 Å². The summed E-state index contributed by atoms with van der Waals surface area (Å²) in [4.78, 5) is 2.38. The molecule has 2 saturated heterocycles. The van der Waals surface area contributed by atoms with E-state index in [-0.39, 0.29) is 17.8 Å². The smallest absolute Gasteiger partial charge is 0.243 e. The molecule has 0 spiro atoms. The minimum atomic E-state index is -3.63. The first-order chi connectivity index (χ1) is 16.8. The van der Waals surface area contributed by atoms with Gasteiger partial charge in [-0.2, -0.15) is 4.31 Å². The van der Waals surface area contributed by atoms with E-state index in [9.17, 15) is 17.9 Å². The van der Waals surface area contributed by atoms with Crippen LogP contribution in [0.25, 0.3) is 11.1 Å². The third kappa shape index (κ3) is 4.42. The molecular weight excluding hydrogens is 463 g/mol. The van der Waals surface area contributed by atoms with E-state index in [2.05, 4.69) is 0 Å². The Morgan fingerprint density at radius 1 is 0.914 bits per heavy atom. The number of benzene rings is 3. The fourth-order valence-electron chi connectivity index (χ4n) is 5.54. The second kappa shape index (κ2) is 9.47. The van der Waals surface area contributed by atoms with Gasteiger partial charge in [0.1, 0.15) is 12.0 Å². The highest BCUT2D eigenvalue weighted by Crippen LogP contribution is 2.42. The van der Waals surface area contributed by atoms with Crippen LogP contribution >= 0.6 is 0 Å². The molecule has 0 aliphatic carbocycles. The van der Waals surface area contributed by atoms with Crippen molar-refractivity contribution < 1.29 is 17.9 Å². The summed E-state index contributed by atoms with van der Waals surface area (Å²) in [7, 11) is -3.63. The molecule has 0 bridgehead atoms. The van der Waals surface area contributed by atoms with E-state index in [1.807, 2.05) is 55.1 Å². The monoisotopic (exact) mass is 494 g/mol. The van der Waals surface area contributed by atoms with Crippen LogP contribution in [0, 0.1) is 19.7 Å². The lowest BCUT2D eigenvalue weighted by atomic mass is 9.79. The molecule has 3 aromatic rings. The average molecular weight is 495 g/mol. The molecule has 5 rings (SSSR count). The van der Waals surface area contributed by atoms with Crippen molar-refractivity contribution >= 4 is 10.0 Å². The quantitative estimate of drug-likeness (QED) is 0.572. The lowest BCUT2D eigenvalue weighted by Gasteiger charge is -2.55. The molecule has 0 unspecified atom stereocenters. The maximum absolute atomic E-state index is 13.5. The second-order valence-electron chi connectivity index (χ2n) is 9.66. The molecule has 2 heterocycles. The van der Waals surface area contributed by atoms with E-state index in [1.54, 1.807) is 22.5 Å². The largest absolute Gasteiger partial charge is 0.378 e. The lowest BCUT2D eigenvalue weighted by Crippen LogP contribution is -2.66. The number of aliphatic hydroxyl groups is 1. The Hall–Kier alpha value is -2.58. The molecule has 0 saturated carbocycles. The fraction of sp³-hybridized carbons (Fsp3) is 0.357. The van der Waals surface area contributed by atoms with Crippen molar-refractivity contribution in [2.75, 3.05) is 19.6 Å². The van der Waals surface area contributed by atoms with Crippen LogP contribution in [0.5, 0.6) is 0 Å². The number of nitrogens with zero attached hydrogens (tertiary/aromatic N) is 2. The second-order valence-corrected chi connectivity index (χ2v) is 11.6. The third-order valence-electron chi connectivity index (χ3n) is 7.47. The van der Waals surface area contributed by atoms with E-state index in [1.165, 1.54) is 12.1 Å². The van der Waals surface area contributed by atoms with Crippen molar-refractivity contribution in [3.8, 4) is 11.1 Å². The van der Waals surface area contributed by atoms with Crippen LogP contribution in [0.15, 0.2) is 71.6 Å². The van der Waals surface area contributed by atoms with Gasteiger partial charge in [-0.25, -0.2) is 12.8 Å². The highest BCUT2D eigenvalue weighted by Gasteiger charge is 2.50. The van der Waals surface area contributed by atoms with Crippen LogP contribution in [-0.2, 0) is 10.0 Å². The summed E-state index contributed by atoms with van der Waals surface area (Å²) in [5.74, 6) is -0.430. The predicted molar refractivity (Wildman–Crippen MR) is 135 cm³/mol. The van der Waals surface area contributed by atoms with Crippen LogP contribution in [0.4, 0.5) is 4.39 Å². The first-order valence-corrected chi connectivity index (χ1v) is 13.6. The van der Waals surface area contributed by atoms with Crippen LogP contribution in [0.1, 0.15) is 35.4 Å². The number of fused-ring (bicyclic) bond motifs is 1. The molecule has 5 nitrogen and oxygen atoms in total. The summed E-state index contributed by atoms with van der Waals surface area (Å²) in [6.07, 6.45) is 0.958. The van der Waals surface area contributed by atoms with Gasteiger partial charge in [0.25, 0.3) is 0 Å². The summed E-state index contributed by atoms with van der Waals surface area (Å²) in [6, 6.07) is 19.8. The molecule has 3 atom stereocenters. The molecule has 0 radical (unpaired) electrons. The van der Waals surface area contributed by atoms with Gasteiger partial charge in [-0.15, -0.1) is 0 Å². The number of halogens is 1. The van der Waals surface area contributed by atoms with Gasteiger partial charge >= 0.3 is 0 Å². The summed E-state index contributed by atoms with van der Waals surface area (Å²) >= 11 is 0. The van der Waals surface area contributed by atoms with Gasteiger partial charge in [-0.05, 0) is 72.7 Å². The van der Waals surface area contributed by atoms with E-state index in [4.69, 9.17) is 0 Å². The van der Waals surface area contributed by atoms with Crippen LogP contribution in [0.3, 0.4) is 0 Å². The van der Waals surface area contributed by atoms with Crippen LogP contribution in [0.2, 0.25) is 0 Å². The van der Waals surface area contributed by atoms with Gasteiger partial charge < -0.3 is 5.11 Å². The third-order valence-corrected chi connectivity index (χ3v) is 9.50. The molecule has 7 heteroatoms. The summed E-state index contributed by atoms with van der Waals surface area (Å²) in [6.45, 7) is 5.29. The predicted octanol–water partition coefficient (Wildman–Crippen LogP) is 4.68. The van der Waals surface area contributed by atoms with Crippen LogP contribution < -0.4 is 0 Å². The maximum atomic E-state index is 13.5. The zero-order valence-corrected chi connectivity index (χ0v) is 20.9. The van der Waals surface area contributed by atoms with Crippen molar-refractivity contribution in [3.05, 3.63) is 89.2 Å².